The number of aromatic nitrogens is 2. The largest absolute Gasteiger partial charge is 0.464 e. The molecule has 0 fully saturated rings. The van der Waals surface area contributed by atoms with Gasteiger partial charge in [-0.1, -0.05) is 0 Å². The van der Waals surface area contributed by atoms with Crippen LogP contribution in [-0.4, -0.2) is 24.4 Å². The van der Waals surface area contributed by atoms with Crippen LogP contribution < -0.4 is 5.32 Å². The summed E-state index contributed by atoms with van der Waals surface area (Å²) in [6.45, 7) is 0.439. The van der Waals surface area contributed by atoms with E-state index in [-0.39, 0.29) is 16.2 Å². The maximum Gasteiger partial charge on any atom is 0.268 e. The van der Waals surface area contributed by atoms with Crippen molar-refractivity contribution in [3.8, 4) is 11.3 Å². The van der Waals surface area contributed by atoms with Gasteiger partial charge < -0.3 is 9.73 Å². The summed E-state index contributed by atoms with van der Waals surface area (Å²) in [6.07, 6.45) is 4.30. The molecule has 0 spiro atoms. The van der Waals surface area contributed by atoms with Crippen LogP contribution in [0.3, 0.4) is 0 Å². The molecule has 0 aliphatic carbocycles. The zero-order valence-electron chi connectivity index (χ0n) is 14.4. The molecule has 0 amide bonds. The van der Waals surface area contributed by atoms with E-state index in [0.29, 0.717) is 17.7 Å². The second-order valence-corrected chi connectivity index (χ2v) is 7.84. The van der Waals surface area contributed by atoms with Crippen molar-refractivity contribution in [2.45, 2.75) is 11.4 Å². The Morgan fingerprint density at radius 2 is 2.07 bits per heavy atom. The fourth-order valence-electron chi connectivity index (χ4n) is 2.98. The molecule has 1 N–H and O–H groups in total. The van der Waals surface area contributed by atoms with Crippen molar-refractivity contribution >= 4 is 21.0 Å². The van der Waals surface area contributed by atoms with E-state index in [4.69, 9.17) is 4.42 Å². The molecule has 0 saturated heterocycles. The van der Waals surface area contributed by atoms with Gasteiger partial charge in [0.1, 0.15) is 5.58 Å². The quantitative estimate of drug-likeness (QED) is 0.533. The van der Waals surface area contributed by atoms with Crippen LogP contribution in [0.2, 0.25) is 0 Å². The predicted octanol–water partition coefficient (Wildman–Crippen LogP) is 3.39. The van der Waals surface area contributed by atoms with Crippen molar-refractivity contribution in [1.29, 1.82) is 0 Å². The van der Waals surface area contributed by atoms with E-state index in [1.54, 1.807) is 31.3 Å². The molecule has 0 atom stereocenters. The Bertz CT molecular complexity index is 1230. The highest BCUT2D eigenvalue weighted by Gasteiger charge is 2.24. The van der Waals surface area contributed by atoms with Crippen LogP contribution in [0.5, 0.6) is 0 Å². The molecule has 0 unspecified atom stereocenters. The maximum atomic E-state index is 14.3. The molecule has 3 heterocycles. The first kappa shape index (κ1) is 17.4. The fourth-order valence-corrected chi connectivity index (χ4v) is 4.39. The first-order chi connectivity index (χ1) is 13.0. The number of rotatable bonds is 5. The van der Waals surface area contributed by atoms with Crippen molar-refractivity contribution in [2.24, 2.45) is 0 Å². The number of nitrogens with zero attached hydrogens (tertiary/aromatic N) is 2. The summed E-state index contributed by atoms with van der Waals surface area (Å²) in [6, 6.07) is 11.1. The lowest BCUT2D eigenvalue weighted by atomic mass is 10.2. The first-order valence-corrected chi connectivity index (χ1v) is 9.64. The zero-order chi connectivity index (χ0) is 19.0. The van der Waals surface area contributed by atoms with E-state index in [1.165, 1.54) is 36.9 Å². The van der Waals surface area contributed by atoms with Crippen LogP contribution in [-0.2, 0) is 16.6 Å². The molecule has 3 aromatic heterocycles. The topological polar surface area (TPSA) is 77.1 Å². The zero-order valence-corrected chi connectivity index (χ0v) is 15.2. The summed E-state index contributed by atoms with van der Waals surface area (Å²) in [7, 11) is -2.22. The van der Waals surface area contributed by atoms with Crippen molar-refractivity contribution in [3.05, 3.63) is 72.6 Å². The number of nitrogens with one attached hydrogen (secondary N) is 1. The molecule has 0 aliphatic heterocycles. The number of halogens is 1. The Labute approximate surface area is 155 Å². The predicted molar refractivity (Wildman–Crippen MR) is 99.2 cm³/mol. The van der Waals surface area contributed by atoms with E-state index in [0.717, 1.165) is 9.36 Å². The number of benzene rings is 1. The third kappa shape index (κ3) is 3.02. The van der Waals surface area contributed by atoms with Gasteiger partial charge in [-0.2, -0.15) is 4.39 Å². The lowest BCUT2D eigenvalue weighted by Gasteiger charge is -2.11. The molecule has 0 saturated carbocycles. The van der Waals surface area contributed by atoms with Crippen LogP contribution in [0.1, 0.15) is 5.56 Å². The molecule has 138 valence electrons. The molecular formula is C19H16FN3O3S. The molecule has 8 heteroatoms. The Morgan fingerprint density at radius 3 is 2.85 bits per heavy atom. The minimum atomic E-state index is -3.97. The molecule has 4 rings (SSSR count). The minimum absolute atomic E-state index is 0.0575. The van der Waals surface area contributed by atoms with E-state index in [9.17, 15) is 12.8 Å². The summed E-state index contributed by atoms with van der Waals surface area (Å²) >= 11 is 0. The fraction of sp³-hybridized carbons (Fsp3) is 0.105. The number of pyridine rings is 1. The second kappa shape index (κ2) is 6.64. The molecule has 1 aromatic carbocycles. The summed E-state index contributed by atoms with van der Waals surface area (Å²) in [5.74, 6) is -0.732. The highest BCUT2D eigenvalue weighted by molar-refractivity contribution is 7.90. The molecule has 6 nitrogen and oxygen atoms in total. The van der Waals surface area contributed by atoms with Gasteiger partial charge in [0.05, 0.1) is 22.4 Å². The number of hydrogen-bond donors (Lipinski definition) is 1. The van der Waals surface area contributed by atoms with Gasteiger partial charge in [0.25, 0.3) is 10.0 Å². The molecule has 27 heavy (non-hydrogen) atoms. The van der Waals surface area contributed by atoms with Crippen molar-refractivity contribution in [3.63, 3.8) is 0 Å². The van der Waals surface area contributed by atoms with Crippen LogP contribution in [0, 0.1) is 5.95 Å². The molecule has 4 aromatic rings. The normalized spacial score (nSPS) is 11.9. The van der Waals surface area contributed by atoms with Gasteiger partial charge in [-0.3, -0.25) is 0 Å². The number of fused-ring (bicyclic) bond motifs is 1. The Morgan fingerprint density at radius 1 is 1.22 bits per heavy atom. The maximum absolute atomic E-state index is 14.3. The van der Waals surface area contributed by atoms with Crippen LogP contribution in [0.15, 0.2) is 70.4 Å². The lowest BCUT2D eigenvalue weighted by Crippen LogP contribution is -2.14. The van der Waals surface area contributed by atoms with Crippen LogP contribution >= 0.6 is 0 Å². The molecule has 0 aliphatic rings. The smallest absolute Gasteiger partial charge is 0.268 e. The van der Waals surface area contributed by atoms with E-state index >= 15 is 0 Å². The third-order valence-corrected chi connectivity index (χ3v) is 5.91. The summed E-state index contributed by atoms with van der Waals surface area (Å²) in [5, 5.41) is 3.77. The molecule has 0 bridgehead atoms. The number of hydrogen-bond acceptors (Lipinski definition) is 5. The van der Waals surface area contributed by atoms with Gasteiger partial charge in [0.15, 0.2) is 0 Å². The van der Waals surface area contributed by atoms with Gasteiger partial charge in [-0.15, -0.1) is 0 Å². The van der Waals surface area contributed by atoms with Crippen molar-refractivity contribution in [1.82, 2.24) is 14.3 Å². The van der Waals surface area contributed by atoms with E-state index < -0.39 is 16.0 Å². The first-order valence-electron chi connectivity index (χ1n) is 8.20. The SMILES string of the molecule is CNCc1cc(-c2cccnc2F)n(S(=O)(=O)c2ccc3ccoc3c2)c1. The van der Waals surface area contributed by atoms with Gasteiger partial charge in [0, 0.05) is 30.4 Å². The lowest BCUT2D eigenvalue weighted by molar-refractivity contribution is 0.582. The highest BCUT2D eigenvalue weighted by Crippen LogP contribution is 2.29. The average Bonchev–Trinajstić information content (AvgIpc) is 3.29. The molecule has 0 radical (unpaired) electrons. The molecular weight excluding hydrogens is 369 g/mol. The van der Waals surface area contributed by atoms with Crippen LogP contribution in [0.4, 0.5) is 4.39 Å². The van der Waals surface area contributed by atoms with Crippen molar-refractivity contribution in [2.75, 3.05) is 7.05 Å². The number of furan rings is 1. The highest BCUT2D eigenvalue weighted by atomic mass is 32.2. The summed E-state index contributed by atoms with van der Waals surface area (Å²) in [4.78, 5) is 3.69. The monoisotopic (exact) mass is 385 g/mol. The summed E-state index contributed by atoms with van der Waals surface area (Å²) < 4.78 is 47.2. The second-order valence-electron chi connectivity index (χ2n) is 6.03. The standard InChI is InChI=1S/C19H16FN3O3S/c1-21-11-13-9-17(16-3-2-7-22-19(16)20)23(12-13)27(24,25)15-5-4-14-6-8-26-18(14)10-15/h2-10,12,21H,11H2,1H3. The Hall–Kier alpha value is -2.97. The van der Waals surface area contributed by atoms with Gasteiger partial charge in [-0.05, 0) is 49.0 Å². The summed E-state index contributed by atoms with van der Waals surface area (Å²) in [5.41, 5.74) is 1.50. The van der Waals surface area contributed by atoms with Gasteiger partial charge >= 0.3 is 0 Å². The Balaban J connectivity index is 1.92. The third-order valence-electron chi connectivity index (χ3n) is 4.24. The van der Waals surface area contributed by atoms with Crippen molar-refractivity contribution < 1.29 is 17.2 Å². The minimum Gasteiger partial charge on any atom is -0.464 e. The van der Waals surface area contributed by atoms with Gasteiger partial charge in [0.2, 0.25) is 5.95 Å². The van der Waals surface area contributed by atoms with Crippen LogP contribution in [0.25, 0.3) is 22.2 Å². The van der Waals surface area contributed by atoms with E-state index in [1.807, 2.05) is 0 Å². The Kier molecular flexibility index (Phi) is 4.29. The van der Waals surface area contributed by atoms with Gasteiger partial charge in [-0.25, -0.2) is 17.4 Å². The van der Waals surface area contributed by atoms with E-state index in [2.05, 4.69) is 10.3 Å². The average molecular weight is 385 g/mol.